The molecule has 0 atom stereocenters. The normalized spacial score (nSPS) is 12.5. The van der Waals surface area contributed by atoms with E-state index in [2.05, 4.69) is 22.3 Å². The Balaban J connectivity index is 1.35. The van der Waals surface area contributed by atoms with Crippen LogP contribution in [0.1, 0.15) is 5.56 Å². The largest absolute Gasteiger partial charge is 0.457 e. The van der Waals surface area contributed by atoms with Crippen LogP contribution < -0.4 is 15.0 Å². The molecule has 4 rings (SSSR count). The Hall–Kier alpha value is -3.27. The molecule has 1 amide bonds. The van der Waals surface area contributed by atoms with Gasteiger partial charge in [0.25, 0.3) is 0 Å². The maximum Gasteiger partial charge on any atom is 0.243 e. The lowest BCUT2D eigenvalue weighted by molar-refractivity contribution is -0.115. The Labute approximate surface area is 153 Å². The van der Waals surface area contributed by atoms with Gasteiger partial charge in [-0.05, 0) is 54.4 Å². The number of carbonyl (C=O) groups is 1. The lowest BCUT2D eigenvalue weighted by Crippen LogP contribution is -2.31. The van der Waals surface area contributed by atoms with Crippen molar-refractivity contribution in [3.8, 4) is 11.5 Å². The fourth-order valence-electron chi connectivity index (χ4n) is 3.18. The van der Waals surface area contributed by atoms with Crippen LogP contribution in [-0.2, 0) is 11.2 Å². The molecule has 4 nitrogen and oxygen atoms in total. The maximum atomic E-state index is 12.4. The lowest BCUT2D eigenvalue weighted by Gasteiger charge is -2.18. The van der Waals surface area contributed by atoms with Gasteiger partial charge in [0, 0.05) is 17.9 Å². The number of anilines is 2. The number of para-hydroxylation sites is 2. The molecule has 0 spiro atoms. The van der Waals surface area contributed by atoms with Crippen LogP contribution in [0.4, 0.5) is 11.4 Å². The molecular weight excluding hydrogens is 324 g/mol. The number of hydrogen-bond donors (Lipinski definition) is 1. The fourth-order valence-corrected chi connectivity index (χ4v) is 3.18. The van der Waals surface area contributed by atoms with E-state index >= 15 is 0 Å². The van der Waals surface area contributed by atoms with E-state index in [4.69, 9.17) is 4.74 Å². The van der Waals surface area contributed by atoms with Crippen molar-refractivity contribution in [1.29, 1.82) is 0 Å². The van der Waals surface area contributed by atoms with E-state index in [0.717, 1.165) is 35.8 Å². The van der Waals surface area contributed by atoms with Gasteiger partial charge < -0.3 is 15.0 Å². The topological polar surface area (TPSA) is 41.6 Å². The van der Waals surface area contributed by atoms with Crippen LogP contribution in [0.25, 0.3) is 0 Å². The predicted octanol–water partition coefficient (Wildman–Crippen LogP) is 4.48. The van der Waals surface area contributed by atoms with Gasteiger partial charge in [0.1, 0.15) is 11.5 Å². The number of fused-ring (bicyclic) bond motifs is 1. The van der Waals surface area contributed by atoms with Gasteiger partial charge in [-0.2, -0.15) is 0 Å². The highest BCUT2D eigenvalue weighted by Crippen LogP contribution is 2.27. The van der Waals surface area contributed by atoms with Crippen LogP contribution in [0, 0.1) is 0 Å². The average Bonchev–Trinajstić information content (AvgIpc) is 3.07. The number of rotatable bonds is 5. The average molecular weight is 344 g/mol. The molecule has 3 aromatic rings. The third-order valence-corrected chi connectivity index (χ3v) is 4.43. The van der Waals surface area contributed by atoms with Crippen molar-refractivity contribution in [3.63, 3.8) is 0 Å². The van der Waals surface area contributed by atoms with Gasteiger partial charge in [-0.3, -0.25) is 4.79 Å². The SMILES string of the molecule is O=C(CN1CCc2ccccc21)Nc1ccc(Oc2ccccc2)cc1. The van der Waals surface area contributed by atoms with Gasteiger partial charge in [0.2, 0.25) is 5.91 Å². The minimum absolute atomic E-state index is 0.0153. The molecule has 0 aliphatic carbocycles. The summed E-state index contributed by atoms with van der Waals surface area (Å²) in [4.78, 5) is 14.5. The third kappa shape index (κ3) is 3.70. The van der Waals surface area contributed by atoms with E-state index in [9.17, 15) is 4.79 Å². The summed E-state index contributed by atoms with van der Waals surface area (Å²) in [6, 6.07) is 25.3. The molecule has 0 saturated carbocycles. The van der Waals surface area contributed by atoms with Crippen molar-refractivity contribution >= 4 is 17.3 Å². The van der Waals surface area contributed by atoms with E-state index in [-0.39, 0.29) is 5.91 Å². The number of ether oxygens (including phenoxy) is 1. The van der Waals surface area contributed by atoms with Gasteiger partial charge in [-0.25, -0.2) is 0 Å². The Morgan fingerprint density at radius 1 is 0.885 bits per heavy atom. The summed E-state index contributed by atoms with van der Waals surface area (Å²) in [5.41, 5.74) is 3.24. The first kappa shape index (κ1) is 16.2. The van der Waals surface area contributed by atoms with Crippen LogP contribution in [0.2, 0.25) is 0 Å². The van der Waals surface area contributed by atoms with E-state index in [1.807, 2.05) is 66.7 Å². The first-order chi connectivity index (χ1) is 12.8. The van der Waals surface area contributed by atoms with Crippen LogP contribution in [0.3, 0.4) is 0 Å². The van der Waals surface area contributed by atoms with Crippen LogP contribution in [0.5, 0.6) is 11.5 Å². The minimum Gasteiger partial charge on any atom is -0.457 e. The minimum atomic E-state index is -0.0153. The zero-order valence-corrected chi connectivity index (χ0v) is 14.4. The van der Waals surface area contributed by atoms with Gasteiger partial charge >= 0.3 is 0 Å². The molecule has 26 heavy (non-hydrogen) atoms. The molecule has 0 radical (unpaired) electrons. The standard InChI is InChI=1S/C22H20N2O2/c25-22(16-24-15-14-17-6-4-5-9-21(17)24)23-18-10-12-20(13-11-18)26-19-7-2-1-3-8-19/h1-13H,14-16H2,(H,23,25). The summed E-state index contributed by atoms with van der Waals surface area (Å²) < 4.78 is 5.76. The molecule has 0 saturated heterocycles. The highest BCUT2D eigenvalue weighted by Gasteiger charge is 2.20. The molecule has 1 heterocycles. The summed E-state index contributed by atoms with van der Waals surface area (Å²) in [6.45, 7) is 1.25. The molecular formula is C22H20N2O2. The van der Waals surface area contributed by atoms with Crippen molar-refractivity contribution in [2.75, 3.05) is 23.3 Å². The smallest absolute Gasteiger partial charge is 0.243 e. The number of nitrogens with one attached hydrogen (secondary N) is 1. The van der Waals surface area contributed by atoms with E-state index < -0.39 is 0 Å². The number of amides is 1. The highest BCUT2D eigenvalue weighted by atomic mass is 16.5. The van der Waals surface area contributed by atoms with Crippen LogP contribution >= 0.6 is 0 Å². The van der Waals surface area contributed by atoms with Gasteiger partial charge in [-0.1, -0.05) is 36.4 Å². The molecule has 0 fully saturated rings. The van der Waals surface area contributed by atoms with Gasteiger partial charge in [-0.15, -0.1) is 0 Å². The Morgan fingerprint density at radius 2 is 1.58 bits per heavy atom. The summed E-state index contributed by atoms with van der Waals surface area (Å²) >= 11 is 0. The molecule has 1 N–H and O–H groups in total. The van der Waals surface area contributed by atoms with Crippen molar-refractivity contribution in [2.24, 2.45) is 0 Å². The Bertz CT molecular complexity index is 892. The number of benzene rings is 3. The molecule has 0 aromatic heterocycles. The monoisotopic (exact) mass is 344 g/mol. The first-order valence-corrected chi connectivity index (χ1v) is 8.73. The van der Waals surface area contributed by atoms with E-state index in [0.29, 0.717) is 6.54 Å². The molecule has 1 aliphatic heterocycles. The molecule has 4 heteroatoms. The summed E-state index contributed by atoms with van der Waals surface area (Å²) in [5, 5.41) is 2.95. The van der Waals surface area contributed by atoms with Crippen LogP contribution in [0.15, 0.2) is 78.9 Å². The summed E-state index contributed by atoms with van der Waals surface area (Å²) in [5.74, 6) is 1.51. The quantitative estimate of drug-likeness (QED) is 0.742. The van der Waals surface area contributed by atoms with Gasteiger partial charge in [0.15, 0.2) is 0 Å². The highest BCUT2D eigenvalue weighted by molar-refractivity contribution is 5.94. The molecule has 0 unspecified atom stereocenters. The third-order valence-electron chi connectivity index (χ3n) is 4.43. The van der Waals surface area contributed by atoms with Gasteiger partial charge in [0.05, 0.1) is 6.54 Å². The second kappa shape index (κ2) is 7.31. The molecule has 130 valence electrons. The summed E-state index contributed by atoms with van der Waals surface area (Å²) in [6.07, 6.45) is 0.995. The number of nitrogens with zero attached hydrogens (tertiary/aromatic N) is 1. The van der Waals surface area contributed by atoms with Crippen molar-refractivity contribution in [2.45, 2.75) is 6.42 Å². The maximum absolute atomic E-state index is 12.4. The predicted molar refractivity (Wildman–Crippen MR) is 104 cm³/mol. The number of hydrogen-bond acceptors (Lipinski definition) is 3. The second-order valence-corrected chi connectivity index (χ2v) is 6.29. The first-order valence-electron chi connectivity index (χ1n) is 8.73. The Morgan fingerprint density at radius 3 is 2.38 bits per heavy atom. The van der Waals surface area contributed by atoms with E-state index in [1.165, 1.54) is 5.56 Å². The van der Waals surface area contributed by atoms with Crippen molar-refractivity contribution in [1.82, 2.24) is 0 Å². The Kier molecular flexibility index (Phi) is 4.56. The lowest BCUT2D eigenvalue weighted by atomic mass is 10.2. The molecule has 1 aliphatic rings. The summed E-state index contributed by atoms with van der Waals surface area (Å²) in [7, 11) is 0. The fraction of sp³-hybridized carbons (Fsp3) is 0.136. The van der Waals surface area contributed by atoms with Crippen LogP contribution in [-0.4, -0.2) is 19.0 Å². The van der Waals surface area contributed by atoms with Crippen molar-refractivity contribution in [3.05, 3.63) is 84.4 Å². The van der Waals surface area contributed by atoms with E-state index in [1.54, 1.807) is 0 Å². The molecule has 3 aromatic carbocycles. The van der Waals surface area contributed by atoms with Crippen molar-refractivity contribution < 1.29 is 9.53 Å². The molecule has 0 bridgehead atoms. The number of carbonyl (C=O) groups excluding carboxylic acids is 1. The zero-order chi connectivity index (χ0) is 17.8. The second-order valence-electron chi connectivity index (χ2n) is 6.29. The zero-order valence-electron chi connectivity index (χ0n) is 14.4.